The predicted octanol–water partition coefficient (Wildman–Crippen LogP) is 9.56. The summed E-state index contributed by atoms with van der Waals surface area (Å²) < 4.78 is 13.3. The molecule has 1 aromatic heterocycles. The van der Waals surface area contributed by atoms with E-state index >= 15 is 0 Å². The number of nitrogens with zero attached hydrogens (tertiary/aromatic N) is 3. The van der Waals surface area contributed by atoms with Crippen LogP contribution in [0.5, 0.6) is 0 Å². The zero-order valence-corrected chi connectivity index (χ0v) is 36.4. The standard InChI is InChI=1S/C46H66ClN3O6/c1-26(2)36-30(51)21-45(34-25-50(27(3)55-34)46(19-20-46)38-48-23-28(47)24-49-38)18-17-43(9)29(37(36)45)11-12-32-42(8)15-14-33(56-35(52)22-40(4,5)39(53)54)41(6,7)31(42)13-16-44(32,43)10/h23-24,26-27,29,31-34H,11-22,25H2,1-10H3,(H,53,54)/t27?,29-,31+,32-,33+,34+,42+,43-,44-,45+/m1/s1. The second-order valence-corrected chi connectivity index (χ2v) is 22.1. The number of carbonyl (C=O) groups is 3. The zero-order valence-electron chi connectivity index (χ0n) is 35.6. The van der Waals surface area contributed by atoms with Gasteiger partial charge in [0.15, 0.2) is 5.78 Å². The molecule has 8 rings (SSSR count). The van der Waals surface area contributed by atoms with E-state index in [1.807, 2.05) is 0 Å². The number of aliphatic carboxylic acids is 1. The summed E-state index contributed by atoms with van der Waals surface area (Å²) in [5, 5.41) is 10.2. The lowest BCUT2D eigenvalue weighted by molar-refractivity contribution is -0.235. The quantitative estimate of drug-likeness (QED) is 0.257. The van der Waals surface area contributed by atoms with Crippen molar-refractivity contribution in [3.8, 4) is 0 Å². The number of aromatic nitrogens is 2. The fraction of sp³-hybridized carbons (Fsp3) is 0.804. The van der Waals surface area contributed by atoms with Crippen LogP contribution in [0.15, 0.2) is 23.5 Å². The maximum Gasteiger partial charge on any atom is 0.309 e. The highest BCUT2D eigenvalue weighted by Gasteiger charge is 2.72. The maximum atomic E-state index is 14.4. The van der Waals surface area contributed by atoms with Gasteiger partial charge in [-0.25, -0.2) is 9.97 Å². The van der Waals surface area contributed by atoms with Gasteiger partial charge in [-0.2, -0.15) is 0 Å². The van der Waals surface area contributed by atoms with E-state index in [9.17, 15) is 19.5 Å². The summed E-state index contributed by atoms with van der Waals surface area (Å²) in [6, 6.07) is 0. The van der Waals surface area contributed by atoms with Gasteiger partial charge in [0.2, 0.25) is 0 Å². The highest BCUT2D eigenvalue weighted by molar-refractivity contribution is 6.30. The van der Waals surface area contributed by atoms with Gasteiger partial charge in [-0.15, -0.1) is 0 Å². The van der Waals surface area contributed by atoms with E-state index in [2.05, 4.69) is 70.3 Å². The van der Waals surface area contributed by atoms with Crippen LogP contribution >= 0.6 is 11.6 Å². The predicted molar refractivity (Wildman–Crippen MR) is 214 cm³/mol. The summed E-state index contributed by atoms with van der Waals surface area (Å²) in [7, 11) is 0. The van der Waals surface area contributed by atoms with E-state index in [4.69, 9.17) is 21.1 Å². The Bertz CT molecular complexity index is 1840. The van der Waals surface area contributed by atoms with Crippen molar-refractivity contribution in [2.45, 2.75) is 170 Å². The van der Waals surface area contributed by atoms with Crippen LogP contribution in [0.1, 0.15) is 152 Å². The molecule has 6 fully saturated rings. The van der Waals surface area contributed by atoms with Gasteiger partial charge in [-0.1, -0.05) is 65.6 Å². The number of carbonyl (C=O) groups excluding carboxylic acids is 2. The number of carboxylic acid groups (broad SMARTS) is 1. The monoisotopic (exact) mass is 791 g/mol. The number of hydrogen-bond acceptors (Lipinski definition) is 8. The number of fused-ring (bicyclic) bond motifs is 7. The molecule has 7 aliphatic rings. The maximum absolute atomic E-state index is 14.4. The molecule has 308 valence electrons. The topological polar surface area (TPSA) is 119 Å². The summed E-state index contributed by atoms with van der Waals surface area (Å²) in [6.45, 7) is 22.9. The van der Waals surface area contributed by atoms with Gasteiger partial charge in [0.05, 0.1) is 28.5 Å². The van der Waals surface area contributed by atoms with Gasteiger partial charge in [0, 0.05) is 36.2 Å². The van der Waals surface area contributed by atoms with Gasteiger partial charge in [-0.05, 0) is 130 Å². The van der Waals surface area contributed by atoms with Crippen molar-refractivity contribution in [3.63, 3.8) is 0 Å². The summed E-state index contributed by atoms with van der Waals surface area (Å²) in [6.07, 6.45) is 13.6. The van der Waals surface area contributed by atoms with Crippen LogP contribution in [0.3, 0.4) is 0 Å². The van der Waals surface area contributed by atoms with Crippen molar-refractivity contribution in [1.82, 2.24) is 14.9 Å². The summed E-state index contributed by atoms with van der Waals surface area (Å²) in [5.41, 5.74) is 0.789. The second-order valence-electron chi connectivity index (χ2n) is 21.7. The average molecular weight is 793 g/mol. The largest absolute Gasteiger partial charge is 0.481 e. The summed E-state index contributed by atoms with van der Waals surface area (Å²) >= 11 is 6.20. The molecular weight excluding hydrogens is 726 g/mol. The molecule has 1 unspecified atom stereocenters. The van der Waals surface area contributed by atoms with Crippen molar-refractivity contribution in [1.29, 1.82) is 0 Å². The number of carboxylic acids is 1. The minimum absolute atomic E-state index is 0.0299. The zero-order chi connectivity index (χ0) is 40.6. The van der Waals surface area contributed by atoms with Gasteiger partial charge in [0.1, 0.15) is 18.2 Å². The number of hydrogen-bond donors (Lipinski definition) is 1. The molecule has 56 heavy (non-hydrogen) atoms. The Morgan fingerprint density at radius 2 is 1.64 bits per heavy atom. The van der Waals surface area contributed by atoms with Gasteiger partial charge in [0.25, 0.3) is 0 Å². The van der Waals surface area contributed by atoms with Crippen molar-refractivity contribution in [2.75, 3.05) is 6.54 Å². The Hall–Kier alpha value is -2.36. The lowest BCUT2D eigenvalue weighted by Crippen LogP contribution is -2.66. The van der Waals surface area contributed by atoms with Crippen molar-refractivity contribution in [3.05, 3.63) is 34.4 Å². The molecule has 1 aromatic rings. The average Bonchev–Trinajstić information content (AvgIpc) is 3.71. The van der Waals surface area contributed by atoms with Crippen LogP contribution in [-0.4, -0.2) is 62.7 Å². The van der Waals surface area contributed by atoms with E-state index in [0.29, 0.717) is 35.0 Å². The number of esters is 1. The lowest BCUT2D eigenvalue weighted by atomic mass is 9.33. The third-order valence-corrected chi connectivity index (χ3v) is 18.1. The van der Waals surface area contributed by atoms with Crippen molar-refractivity contribution in [2.24, 2.45) is 56.2 Å². The molecule has 10 atom stereocenters. The molecule has 9 nitrogen and oxygen atoms in total. The third kappa shape index (κ3) is 5.61. The molecule has 10 heteroatoms. The first kappa shape index (κ1) is 40.4. The summed E-state index contributed by atoms with van der Waals surface area (Å²) in [5.74, 6) is 1.14. The van der Waals surface area contributed by atoms with Crippen LogP contribution in [-0.2, 0) is 29.4 Å². The first-order valence-corrected chi connectivity index (χ1v) is 22.1. The number of ether oxygens (including phenoxy) is 2. The molecule has 0 spiro atoms. The molecule has 1 N–H and O–H groups in total. The molecule has 0 radical (unpaired) electrons. The van der Waals surface area contributed by atoms with Gasteiger partial charge in [-0.3, -0.25) is 19.3 Å². The van der Waals surface area contributed by atoms with Crippen molar-refractivity contribution >= 4 is 29.3 Å². The number of rotatable bonds is 8. The fourth-order valence-corrected chi connectivity index (χ4v) is 14.8. The Morgan fingerprint density at radius 1 is 0.964 bits per heavy atom. The van der Waals surface area contributed by atoms with E-state index in [-0.39, 0.29) is 63.4 Å². The molecule has 2 heterocycles. The molecule has 5 saturated carbocycles. The SMILES string of the molecule is CC(C)C1=C2[C@H]3CC[C@@H]4[C@@]5(C)CC[C@H](OC(=O)CC(C)(C)C(=O)O)C(C)(C)[C@@H]5CC[C@@]4(C)[C@]3(C)CC[C@@]2([C@@H]2CN(C3(c4ncc(Cl)cn4)CC3)C(C)O2)CC1=O. The van der Waals surface area contributed by atoms with Gasteiger partial charge < -0.3 is 14.6 Å². The molecule has 0 amide bonds. The van der Waals surface area contributed by atoms with Crippen LogP contribution in [0, 0.1) is 56.2 Å². The van der Waals surface area contributed by atoms with Crippen LogP contribution in [0.4, 0.5) is 0 Å². The van der Waals surface area contributed by atoms with E-state index < -0.39 is 17.4 Å². The minimum Gasteiger partial charge on any atom is -0.481 e. The number of halogens is 1. The Balaban J connectivity index is 1.08. The smallest absolute Gasteiger partial charge is 0.309 e. The number of ketones is 1. The highest BCUT2D eigenvalue weighted by atomic mass is 35.5. The van der Waals surface area contributed by atoms with Crippen molar-refractivity contribution < 1.29 is 29.0 Å². The highest BCUT2D eigenvalue weighted by Crippen LogP contribution is 2.77. The first-order valence-electron chi connectivity index (χ1n) is 21.7. The molecule has 1 aliphatic heterocycles. The third-order valence-electron chi connectivity index (χ3n) is 18.0. The minimum atomic E-state index is -1.16. The molecule has 0 aromatic carbocycles. The number of Topliss-reactive ketones (excluding diaryl/α,β-unsaturated/α-hetero) is 1. The Labute approximate surface area is 339 Å². The fourth-order valence-electron chi connectivity index (χ4n) is 14.7. The first-order chi connectivity index (χ1) is 26.1. The van der Waals surface area contributed by atoms with Gasteiger partial charge >= 0.3 is 11.9 Å². The lowest BCUT2D eigenvalue weighted by Gasteiger charge is -2.72. The summed E-state index contributed by atoms with van der Waals surface area (Å²) in [4.78, 5) is 51.2. The second kappa shape index (κ2) is 13.1. The molecule has 1 saturated heterocycles. The normalized spacial score (nSPS) is 41.5. The molecule has 6 aliphatic carbocycles. The van der Waals surface area contributed by atoms with Crippen LogP contribution < -0.4 is 0 Å². The van der Waals surface area contributed by atoms with E-state index in [1.165, 1.54) is 5.57 Å². The van der Waals surface area contributed by atoms with Crippen LogP contribution in [0.25, 0.3) is 0 Å². The Kier molecular flexibility index (Phi) is 9.43. The van der Waals surface area contributed by atoms with E-state index in [1.54, 1.807) is 26.2 Å². The number of allylic oxidation sites excluding steroid dienone is 1. The molecular formula is C46H66ClN3O6. The van der Waals surface area contributed by atoms with Crippen LogP contribution in [0.2, 0.25) is 5.02 Å². The molecule has 0 bridgehead atoms. The Morgan fingerprint density at radius 3 is 2.27 bits per heavy atom. The van der Waals surface area contributed by atoms with E-state index in [0.717, 1.165) is 82.2 Å².